The van der Waals surface area contributed by atoms with E-state index in [1.165, 1.54) is 6.20 Å². The van der Waals surface area contributed by atoms with Gasteiger partial charge in [0, 0.05) is 11.1 Å². The standard InChI is InChI=1S/C16H22N4O3/c1-8(2)9-5-11(21)10(16(3,4)22)6-12(9)23-13-7-19-15(18)20-14(13)17/h5-8,21-22H,1-4H3,(H4,17,18,19,20). The smallest absolute Gasteiger partial charge is 0.222 e. The number of nitrogen functional groups attached to an aromatic ring is 2. The third-order valence-corrected chi connectivity index (χ3v) is 3.43. The Labute approximate surface area is 134 Å². The first-order valence-corrected chi connectivity index (χ1v) is 7.25. The van der Waals surface area contributed by atoms with Crippen LogP contribution >= 0.6 is 0 Å². The first-order chi connectivity index (χ1) is 10.6. The molecule has 0 atom stereocenters. The zero-order valence-corrected chi connectivity index (χ0v) is 13.7. The number of phenolic OH excluding ortho intramolecular Hbond substituents is 1. The SMILES string of the molecule is CC(C)c1cc(O)c(C(C)(C)O)cc1Oc1cnc(N)nc1N. The maximum atomic E-state index is 10.2. The van der Waals surface area contributed by atoms with Crippen LogP contribution in [-0.4, -0.2) is 20.2 Å². The van der Waals surface area contributed by atoms with E-state index < -0.39 is 5.60 Å². The molecule has 0 saturated heterocycles. The number of phenols is 1. The molecule has 1 heterocycles. The van der Waals surface area contributed by atoms with E-state index in [1.54, 1.807) is 26.0 Å². The van der Waals surface area contributed by atoms with Gasteiger partial charge in [-0.05, 0) is 31.9 Å². The second-order valence-corrected chi connectivity index (χ2v) is 6.20. The number of rotatable bonds is 4. The molecule has 0 aliphatic carbocycles. The third kappa shape index (κ3) is 3.62. The number of nitrogens with two attached hydrogens (primary N) is 2. The number of aliphatic hydroxyl groups is 1. The lowest BCUT2D eigenvalue weighted by Crippen LogP contribution is -2.16. The Hall–Kier alpha value is -2.54. The van der Waals surface area contributed by atoms with Crippen molar-refractivity contribution in [1.82, 2.24) is 9.97 Å². The van der Waals surface area contributed by atoms with Gasteiger partial charge >= 0.3 is 0 Å². The minimum absolute atomic E-state index is 0.00933. The zero-order chi connectivity index (χ0) is 17.4. The molecule has 7 nitrogen and oxygen atoms in total. The fourth-order valence-electron chi connectivity index (χ4n) is 2.21. The summed E-state index contributed by atoms with van der Waals surface area (Å²) in [5.41, 5.74) is 11.2. The molecule has 0 bridgehead atoms. The summed E-state index contributed by atoms with van der Waals surface area (Å²) in [7, 11) is 0. The van der Waals surface area contributed by atoms with Gasteiger partial charge in [0.15, 0.2) is 11.6 Å². The van der Waals surface area contributed by atoms with Gasteiger partial charge in [0.25, 0.3) is 0 Å². The highest BCUT2D eigenvalue weighted by Crippen LogP contribution is 2.40. The van der Waals surface area contributed by atoms with Gasteiger partial charge in [-0.3, -0.25) is 0 Å². The maximum absolute atomic E-state index is 10.2. The Bertz CT molecular complexity index is 724. The monoisotopic (exact) mass is 318 g/mol. The molecule has 0 aliphatic rings. The van der Waals surface area contributed by atoms with Crippen LogP contribution in [0.1, 0.15) is 44.7 Å². The number of ether oxygens (including phenoxy) is 1. The summed E-state index contributed by atoms with van der Waals surface area (Å²) in [5.74, 6) is 0.994. The Morgan fingerprint density at radius 3 is 2.35 bits per heavy atom. The molecule has 0 aliphatic heterocycles. The van der Waals surface area contributed by atoms with Crippen LogP contribution in [0.4, 0.5) is 11.8 Å². The summed E-state index contributed by atoms with van der Waals surface area (Å²) in [6.07, 6.45) is 1.39. The first kappa shape index (κ1) is 16.8. The van der Waals surface area contributed by atoms with E-state index in [4.69, 9.17) is 16.2 Å². The van der Waals surface area contributed by atoms with Crippen molar-refractivity contribution in [2.45, 2.75) is 39.2 Å². The Morgan fingerprint density at radius 2 is 1.83 bits per heavy atom. The number of hydrogen-bond donors (Lipinski definition) is 4. The van der Waals surface area contributed by atoms with Gasteiger partial charge in [0.2, 0.25) is 5.95 Å². The van der Waals surface area contributed by atoms with Crippen molar-refractivity contribution in [3.63, 3.8) is 0 Å². The van der Waals surface area contributed by atoms with Gasteiger partial charge in [0.1, 0.15) is 11.5 Å². The topological polar surface area (TPSA) is 128 Å². The Balaban J connectivity index is 2.55. The van der Waals surface area contributed by atoms with Crippen molar-refractivity contribution in [2.75, 3.05) is 11.5 Å². The van der Waals surface area contributed by atoms with E-state index in [2.05, 4.69) is 9.97 Å². The molecule has 0 amide bonds. The molecule has 2 rings (SSSR count). The van der Waals surface area contributed by atoms with E-state index in [-0.39, 0.29) is 29.2 Å². The quantitative estimate of drug-likeness (QED) is 0.681. The highest BCUT2D eigenvalue weighted by molar-refractivity contribution is 5.54. The third-order valence-electron chi connectivity index (χ3n) is 3.43. The normalized spacial score (nSPS) is 11.7. The number of aromatic nitrogens is 2. The minimum Gasteiger partial charge on any atom is -0.508 e. The van der Waals surface area contributed by atoms with Gasteiger partial charge in [-0.1, -0.05) is 13.8 Å². The Morgan fingerprint density at radius 1 is 1.17 bits per heavy atom. The van der Waals surface area contributed by atoms with Crippen molar-refractivity contribution in [2.24, 2.45) is 0 Å². The van der Waals surface area contributed by atoms with E-state index >= 15 is 0 Å². The van der Waals surface area contributed by atoms with Crippen molar-refractivity contribution >= 4 is 11.8 Å². The average molecular weight is 318 g/mol. The molecular weight excluding hydrogens is 296 g/mol. The van der Waals surface area contributed by atoms with Crippen LogP contribution < -0.4 is 16.2 Å². The first-order valence-electron chi connectivity index (χ1n) is 7.25. The highest BCUT2D eigenvalue weighted by Gasteiger charge is 2.24. The average Bonchev–Trinajstić information content (AvgIpc) is 2.41. The summed E-state index contributed by atoms with van der Waals surface area (Å²) in [6, 6.07) is 3.18. The molecule has 6 N–H and O–H groups in total. The van der Waals surface area contributed by atoms with E-state index in [0.29, 0.717) is 11.3 Å². The molecule has 0 fully saturated rings. The zero-order valence-electron chi connectivity index (χ0n) is 13.7. The van der Waals surface area contributed by atoms with Crippen molar-refractivity contribution in [3.8, 4) is 17.2 Å². The van der Waals surface area contributed by atoms with E-state index in [1.807, 2.05) is 13.8 Å². The molecule has 0 spiro atoms. The molecule has 124 valence electrons. The second-order valence-electron chi connectivity index (χ2n) is 6.20. The number of hydrogen-bond acceptors (Lipinski definition) is 7. The van der Waals surface area contributed by atoms with Gasteiger partial charge in [-0.25, -0.2) is 4.98 Å². The minimum atomic E-state index is -1.22. The number of anilines is 2. The van der Waals surface area contributed by atoms with Gasteiger partial charge in [-0.15, -0.1) is 0 Å². The fourth-order valence-corrected chi connectivity index (χ4v) is 2.21. The fraction of sp³-hybridized carbons (Fsp3) is 0.375. The molecule has 0 saturated carbocycles. The van der Waals surface area contributed by atoms with E-state index in [0.717, 1.165) is 5.56 Å². The number of benzene rings is 1. The van der Waals surface area contributed by atoms with Crippen LogP contribution in [0.3, 0.4) is 0 Å². The molecular formula is C16H22N4O3. The van der Waals surface area contributed by atoms with Crippen molar-refractivity contribution < 1.29 is 14.9 Å². The lowest BCUT2D eigenvalue weighted by Gasteiger charge is -2.23. The van der Waals surface area contributed by atoms with Gasteiger partial charge in [0.05, 0.1) is 11.8 Å². The number of aromatic hydroxyl groups is 1. The van der Waals surface area contributed by atoms with Crippen molar-refractivity contribution in [3.05, 3.63) is 29.5 Å². The van der Waals surface area contributed by atoms with Gasteiger partial charge < -0.3 is 26.4 Å². The van der Waals surface area contributed by atoms with Crippen LogP contribution in [0.15, 0.2) is 18.3 Å². The number of nitrogens with zero attached hydrogens (tertiary/aromatic N) is 2. The van der Waals surface area contributed by atoms with Crippen LogP contribution in [0, 0.1) is 0 Å². The summed E-state index contributed by atoms with van der Waals surface area (Å²) in [5, 5.41) is 20.4. The molecule has 23 heavy (non-hydrogen) atoms. The Kier molecular flexibility index (Phi) is 4.33. The summed E-state index contributed by atoms with van der Waals surface area (Å²) in [6.45, 7) is 7.10. The van der Waals surface area contributed by atoms with Crippen LogP contribution in [0.5, 0.6) is 17.2 Å². The molecule has 1 aromatic heterocycles. The van der Waals surface area contributed by atoms with Crippen LogP contribution in [0.2, 0.25) is 0 Å². The highest BCUT2D eigenvalue weighted by atomic mass is 16.5. The molecule has 7 heteroatoms. The molecule has 2 aromatic rings. The van der Waals surface area contributed by atoms with Crippen LogP contribution in [-0.2, 0) is 5.60 Å². The predicted octanol–water partition coefficient (Wildman–Crippen LogP) is 2.49. The predicted molar refractivity (Wildman–Crippen MR) is 88.4 cm³/mol. The summed E-state index contributed by atoms with van der Waals surface area (Å²) in [4.78, 5) is 7.72. The molecule has 0 unspecified atom stereocenters. The lowest BCUT2D eigenvalue weighted by molar-refractivity contribution is 0.0755. The summed E-state index contributed by atoms with van der Waals surface area (Å²) < 4.78 is 5.82. The van der Waals surface area contributed by atoms with Crippen molar-refractivity contribution in [1.29, 1.82) is 0 Å². The van der Waals surface area contributed by atoms with E-state index in [9.17, 15) is 10.2 Å². The lowest BCUT2D eigenvalue weighted by atomic mass is 9.92. The molecule has 1 aromatic carbocycles. The van der Waals surface area contributed by atoms with Crippen LogP contribution in [0.25, 0.3) is 0 Å². The largest absolute Gasteiger partial charge is 0.508 e. The van der Waals surface area contributed by atoms with Gasteiger partial charge in [-0.2, -0.15) is 4.98 Å². The molecule has 0 radical (unpaired) electrons. The summed E-state index contributed by atoms with van der Waals surface area (Å²) >= 11 is 0. The second kappa shape index (κ2) is 5.92. The maximum Gasteiger partial charge on any atom is 0.222 e.